The van der Waals surface area contributed by atoms with Crippen LogP contribution in [0.2, 0.25) is 10.0 Å². The average molecular weight is 258 g/mol. The summed E-state index contributed by atoms with van der Waals surface area (Å²) >= 11 is 12.1. The van der Waals surface area contributed by atoms with Crippen molar-refractivity contribution in [2.24, 2.45) is 0 Å². The van der Waals surface area contributed by atoms with Gasteiger partial charge in [-0.3, -0.25) is 5.10 Å². The molecule has 0 bridgehead atoms. The molecule has 84 valence electrons. The Morgan fingerprint density at radius 3 is 2.56 bits per heavy atom. The van der Waals surface area contributed by atoms with Gasteiger partial charge >= 0.3 is 0 Å². The van der Waals surface area contributed by atoms with Gasteiger partial charge in [0.1, 0.15) is 11.6 Å². The number of nitrogens with one attached hydrogen (secondary N) is 1. The molecule has 0 unspecified atom stereocenters. The number of ether oxygens (including phenoxy) is 1. The molecule has 6 heteroatoms. The van der Waals surface area contributed by atoms with Crippen molar-refractivity contribution in [1.82, 2.24) is 10.2 Å². The summed E-state index contributed by atoms with van der Waals surface area (Å²) in [7, 11) is 1.53. The molecule has 16 heavy (non-hydrogen) atoms. The third-order valence-corrected chi connectivity index (χ3v) is 2.81. The van der Waals surface area contributed by atoms with Crippen LogP contribution >= 0.6 is 23.2 Å². The molecule has 2 aromatic rings. The molecule has 0 aliphatic rings. The highest BCUT2D eigenvalue weighted by Crippen LogP contribution is 2.37. The maximum Gasteiger partial charge on any atom is 0.138 e. The number of nitrogen functional groups attached to an aromatic ring is 1. The van der Waals surface area contributed by atoms with Crippen molar-refractivity contribution in [2.45, 2.75) is 0 Å². The SMILES string of the molecule is COc1cc(Cl)c(-c2cn[nH]c2N)cc1Cl. The Labute approximate surface area is 102 Å². The zero-order chi connectivity index (χ0) is 11.7. The van der Waals surface area contributed by atoms with Crippen LogP contribution in [0.1, 0.15) is 0 Å². The summed E-state index contributed by atoms with van der Waals surface area (Å²) in [5.74, 6) is 0.973. The van der Waals surface area contributed by atoms with E-state index in [1.807, 2.05) is 0 Å². The highest BCUT2D eigenvalue weighted by atomic mass is 35.5. The maximum atomic E-state index is 6.11. The van der Waals surface area contributed by atoms with Crippen LogP contribution in [-0.2, 0) is 0 Å². The first-order chi connectivity index (χ1) is 7.63. The first-order valence-corrected chi connectivity index (χ1v) is 5.21. The van der Waals surface area contributed by atoms with E-state index in [4.69, 9.17) is 33.7 Å². The third-order valence-electron chi connectivity index (χ3n) is 2.20. The van der Waals surface area contributed by atoms with Crippen LogP contribution in [0.5, 0.6) is 5.75 Å². The van der Waals surface area contributed by atoms with Gasteiger partial charge in [0, 0.05) is 17.2 Å². The van der Waals surface area contributed by atoms with Crippen LogP contribution in [-0.4, -0.2) is 17.3 Å². The Morgan fingerprint density at radius 1 is 1.25 bits per heavy atom. The van der Waals surface area contributed by atoms with Gasteiger partial charge in [0.25, 0.3) is 0 Å². The van der Waals surface area contributed by atoms with E-state index < -0.39 is 0 Å². The Hall–Kier alpha value is -1.39. The Bertz CT molecular complexity index is 525. The zero-order valence-electron chi connectivity index (χ0n) is 8.42. The van der Waals surface area contributed by atoms with E-state index >= 15 is 0 Å². The molecular weight excluding hydrogens is 249 g/mol. The lowest BCUT2D eigenvalue weighted by molar-refractivity contribution is 0.415. The smallest absolute Gasteiger partial charge is 0.138 e. The number of methoxy groups -OCH3 is 1. The van der Waals surface area contributed by atoms with Gasteiger partial charge in [0.2, 0.25) is 0 Å². The average Bonchev–Trinajstić information content (AvgIpc) is 2.67. The first kappa shape index (κ1) is 11.1. The number of H-pyrrole nitrogens is 1. The lowest BCUT2D eigenvalue weighted by atomic mass is 10.1. The van der Waals surface area contributed by atoms with Crippen molar-refractivity contribution in [1.29, 1.82) is 0 Å². The van der Waals surface area contributed by atoms with E-state index in [1.165, 1.54) is 7.11 Å². The lowest BCUT2D eigenvalue weighted by Crippen LogP contribution is -1.90. The van der Waals surface area contributed by atoms with Crippen molar-refractivity contribution in [3.63, 3.8) is 0 Å². The largest absolute Gasteiger partial charge is 0.495 e. The first-order valence-electron chi connectivity index (χ1n) is 4.45. The second kappa shape index (κ2) is 4.23. The number of aromatic amines is 1. The fourth-order valence-corrected chi connectivity index (χ4v) is 1.90. The zero-order valence-corrected chi connectivity index (χ0v) is 9.93. The van der Waals surface area contributed by atoms with Gasteiger partial charge in [-0.1, -0.05) is 23.2 Å². The molecule has 0 amide bonds. The van der Waals surface area contributed by atoms with E-state index in [9.17, 15) is 0 Å². The summed E-state index contributed by atoms with van der Waals surface area (Å²) in [5, 5.41) is 7.45. The molecule has 0 fully saturated rings. The van der Waals surface area contributed by atoms with Crippen LogP contribution in [0, 0.1) is 0 Å². The number of nitrogens with zero attached hydrogens (tertiary/aromatic N) is 1. The Morgan fingerprint density at radius 2 is 2.00 bits per heavy atom. The van der Waals surface area contributed by atoms with E-state index in [-0.39, 0.29) is 0 Å². The van der Waals surface area contributed by atoms with Crippen molar-refractivity contribution in [2.75, 3.05) is 12.8 Å². The van der Waals surface area contributed by atoms with Gasteiger partial charge in [0.05, 0.1) is 23.4 Å². The molecule has 2 rings (SSSR count). The molecule has 0 saturated heterocycles. The van der Waals surface area contributed by atoms with Crippen molar-refractivity contribution < 1.29 is 4.74 Å². The number of hydrogen-bond acceptors (Lipinski definition) is 3. The van der Waals surface area contributed by atoms with Crippen molar-refractivity contribution in [3.05, 3.63) is 28.4 Å². The number of halogens is 2. The summed E-state index contributed by atoms with van der Waals surface area (Å²) in [4.78, 5) is 0. The third kappa shape index (κ3) is 1.81. The predicted octanol–water partition coefficient (Wildman–Crippen LogP) is 2.97. The van der Waals surface area contributed by atoms with Gasteiger partial charge in [-0.2, -0.15) is 5.10 Å². The predicted molar refractivity (Wildman–Crippen MR) is 65.0 cm³/mol. The normalized spacial score (nSPS) is 10.4. The minimum Gasteiger partial charge on any atom is -0.495 e. The standard InChI is InChI=1S/C10H9Cl2N3O/c1-16-9-3-7(11)5(2-8(9)12)6-4-14-15-10(6)13/h2-4H,1H3,(H3,13,14,15). The van der Waals surface area contributed by atoms with Gasteiger partial charge < -0.3 is 10.5 Å². The molecule has 3 N–H and O–H groups in total. The molecular formula is C10H9Cl2N3O. The minimum absolute atomic E-state index is 0.447. The number of nitrogens with two attached hydrogens (primary N) is 1. The van der Waals surface area contributed by atoms with Crippen molar-refractivity contribution >= 4 is 29.0 Å². The number of anilines is 1. The second-order valence-corrected chi connectivity index (χ2v) is 3.98. The Kier molecular flexibility index (Phi) is 2.94. The van der Waals surface area contributed by atoms with Crippen LogP contribution in [0.3, 0.4) is 0 Å². The number of benzene rings is 1. The van der Waals surface area contributed by atoms with Gasteiger partial charge in [0.15, 0.2) is 0 Å². The summed E-state index contributed by atoms with van der Waals surface area (Å²) in [6.07, 6.45) is 1.60. The quantitative estimate of drug-likeness (QED) is 0.870. The number of hydrogen-bond donors (Lipinski definition) is 2. The van der Waals surface area contributed by atoms with Crippen LogP contribution in [0.4, 0.5) is 5.82 Å². The van der Waals surface area contributed by atoms with Crippen LogP contribution in [0.25, 0.3) is 11.1 Å². The minimum atomic E-state index is 0.447. The summed E-state index contributed by atoms with van der Waals surface area (Å²) in [5.41, 5.74) is 7.15. The fraction of sp³-hybridized carbons (Fsp3) is 0.100. The number of aromatic nitrogens is 2. The summed E-state index contributed by atoms with van der Waals surface area (Å²) < 4.78 is 5.06. The van der Waals surface area contributed by atoms with E-state index in [1.54, 1.807) is 18.3 Å². The van der Waals surface area contributed by atoms with Gasteiger partial charge in [-0.15, -0.1) is 0 Å². The summed E-state index contributed by atoms with van der Waals surface area (Å²) in [6.45, 7) is 0. The molecule has 0 aliphatic heterocycles. The molecule has 0 spiro atoms. The highest BCUT2D eigenvalue weighted by Gasteiger charge is 2.12. The monoisotopic (exact) mass is 257 g/mol. The van der Waals surface area contributed by atoms with E-state index in [2.05, 4.69) is 10.2 Å². The Balaban J connectivity index is 2.59. The topological polar surface area (TPSA) is 63.9 Å². The molecule has 0 aliphatic carbocycles. The van der Waals surface area contributed by atoms with Crippen molar-refractivity contribution in [3.8, 4) is 16.9 Å². The van der Waals surface area contributed by atoms with E-state index in [0.717, 1.165) is 11.1 Å². The molecule has 0 saturated carbocycles. The van der Waals surface area contributed by atoms with E-state index in [0.29, 0.717) is 21.6 Å². The second-order valence-electron chi connectivity index (χ2n) is 3.16. The molecule has 1 heterocycles. The maximum absolute atomic E-state index is 6.11. The molecule has 1 aromatic heterocycles. The molecule has 4 nitrogen and oxygen atoms in total. The van der Waals surface area contributed by atoms with Crippen LogP contribution < -0.4 is 10.5 Å². The summed E-state index contributed by atoms with van der Waals surface area (Å²) in [6, 6.07) is 3.34. The van der Waals surface area contributed by atoms with Gasteiger partial charge in [-0.05, 0) is 6.07 Å². The van der Waals surface area contributed by atoms with Gasteiger partial charge in [-0.25, -0.2) is 0 Å². The molecule has 0 atom stereocenters. The number of rotatable bonds is 2. The van der Waals surface area contributed by atoms with Crippen LogP contribution in [0.15, 0.2) is 18.3 Å². The fourth-order valence-electron chi connectivity index (χ4n) is 1.40. The highest BCUT2D eigenvalue weighted by molar-refractivity contribution is 6.36. The molecule has 1 aromatic carbocycles. The molecule has 0 radical (unpaired) electrons. The lowest BCUT2D eigenvalue weighted by Gasteiger charge is -2.08.